The van der Waals surface area contributed by atoms with Crippen molar-refractivity contribution in [2.75, 3.05) is 19.6 Å². The molecule has 0 bridgehead atoms. The maximum Gasteiger partial charge on any atom is 0.0730 e. The van der Waals surface area contributed by atoms with Crippen LogP contribution < -0.4 is 5.32 Å². The van der Waals surface area contributed by atoms with E-state index in [9.17, 15) is 5.11 Å². The van der Waals surface area contributed by atoms with Crippen LogP contribution in [0.4, 0.5) is 0 Å². The van der Waals surface area contributed by atoms with Gasteiger partial charge in [-0.2, -0.15) is 0 Å². The molecular formula is C10H20N2O. The minimum Gasteiger partial charge on any atom is -0.391 e. The molecule has 0 aromatic heterocycles. The van der Waals surface area contributed by atoms with Gasteiger partial charge in [0.25, 0.3) is 0 Å². The monoisotopic (exact) mass is 184 g/mol. The average molecular weight is 184 g/mol. The highest BCUT2D eigenvalue weighted by Crippen LogP contribution is 2.32. The van der Waals surface area contributed by atoms with Crippen molar-refractivity contribution in [3.63, 3.8) is 0 Å². The third-order valence-electron chi connectivity index (χ3n) is 3.67. The number of likely N-dealkylation sites (tertiary alicyclic amines) is 1. The minimum absolute atomic E-state index is 0.0172. The quantitative estimate of drug-likeness (QED) is 0.611. The van der Waals surface area contributed by atoms with Crippen LogP contribution in [0, 0.1) is 0 Å². The normalized spacial score (nSPS) is 39.9. The van der Waals surface area contributed by atoms with Crippen LogP contribution in [0.1, 0.15) is 26.7 Å². The van der Waals surface area contributed by atoms with E-state index in [1.54, 1.807) is 0 Å². The summed E-state index contributed by atoms with van der Waals surface area (Å²) < 4.78 is 0. The summed E-state index contributed by atoms with van der Waals surface area (Å²) in [6, 6.07) is 0.646. The van der Waals surface area contributed by atoms with Crippen molar-refractivity contribution in [1.29, 1.82) is 0 Å². The van der Waals surface area contributed by atoms with Gasteiger partial charge >= 0.3 is 0 Å². The van der Waals surface area contributed by atoms with Gasteiger partial charge in [-0.1, -0.05) is 0 Å². The Morgan fingerprint density at radius 1 is 1.38 bits per heavy atom. The Morgan fingerprint density at radius 3 is 2.62 bits per heavy atom. The zero-order valence-electron chi connectivity index (χ0n) is 8.58. The molecule has 2 aliphatic rings. The molecular weight excluding hydrogens is 164 g/mol. The molecule has 0 aromatic carbocycles. The lowest BCUT2D eigenvalue weighted by Gasteiger charge is -2.37. The first kappa shape index (κ1) is 9.44. The summed E-state index contributed by atoms with van der Waals surface area (Å²) in [6.45, 7) is 7.59. The molecule has 0 amide bonds. The Kier molecular flexibility index (Phi) is 2.34. The van der Waals surface area contributed by atoms with Crippen molar-refractivity contribution in [2.45, 2.75) is 44.4 Å². The third kappa shape index (κ3) is 1.49. The molecule has 0 spiro atoms. The number of hydrogen-bond donors (Lipinski definition) is 2. The van der Waals surface area contributed by atoms with Crippen LogP contribution in [0.3, 0.4) is 0 Å². The van der Waals surface area contributed by atoms with Crippen molar-refractivity contribution < 1.29 is 5.11 Å². The lowest BCUT2D eigenvalue weighted by Crippen LogP contribution is -2.50. The number of nitrogens with zero attached hydrogens (tertiary/aromatic N) is 1. The molecule has 2 rings (SSSR count). The first-order chi connectivity index (χ1) is 6.12. The highest BCUT2D eigenvalue weighted by atomic mass is 16.3. The minimum atomic E-state index is -0.145. The van der Waals surface area contributed by atoms with E-state index in [1.807, 2.05) is 0 Å². The largest absolute Gasteiger partial charge is 0.391 e. The number of aliphatic hydroxyl groups is 1. The summed E-state index contributed by atoms with van der Waals surface area (Å²) >= 11 is 0. The third-order valence-corrected chi connectivity index (χ3v) is 3.67. The fourth-order valence-electron chi connectivity index (χ4n) is 2.65. The van der Waals surface area contributed by atoms with Gasteiger partial charge in [-0.25, -0.2) is 0 Å². The van der Waals surface area contributed by atoms with Crippen LogP contribution >= 0.6 is 0 Å². The first-order valence-electron chi connectivity index (χ1n) is 5.28. The van der Waals surface area contributed by atoms with E-state index in [1.165, 1.54) is 6.42 Å². The lowest BCUT2D eigenvalue weighted by molar-refractivity contribution is 0.0347. The van der Waals surface area contributed by atoms with Crippen LogP contribution in [-0.4, -0.2) is 47.3 Å². The Balaban J connectivity index is 2.06. The van der Waals surface area contributed by atoms with Crippen LogP contribution in [0.25, 0.3) is 0 Å². The van der Waals surface area contributed by atoms with E-state index >= 15 is 0 Å². The average Bonchev–Trinajstić information content (AvgIpc) is 2.62. The molecule has 0 aromatic rings. The highest BCUT2D eigenvalue weighted by Gasteiger charge is 2.43. The van der Waals surface area contributed by atoms with Gasteiger partial charge in [-0.15, -0.1) is 0 Å². The fourth-order valence-corrected chi connectivity index (χ4v) is 2.65. The summed E-state index contributed by atoms with van der Waals surface area (Å²) in [5, 5.41) is 13.2. The predicted molar refractivity (Wildman–Crippen MR) is 52.7 cm³/mol. The molecule has 0 saturated carbocycles. The topological polar surface area (TPSA) is 35.5 Å². The highest BCUT2D eigenvalue weighted by molar-refractivity contribution is 5.00. The van der Waals surface area contributed by atoms with Gasteiger partial charge in [0.2, 0.25) is 0 Å². The number of aliphatic hydroxyl groups excluding tert-OH is 1. The molecule has 13 heavy (non-hydrogen) atoms. The molecule has 2 unspecified atom stereocenters. The maximum atomic E-state index is 9.83. The van der Waals surface area contributed by atoms with Crippen LogP contribution in [0.15, 0.2) is 0 Å². The standard InChI is InChI=1S/C10H20N2O/c1-10(2)9(13)4-6-12(10)8-3-5-11-7-8/h8-9,11,13H,3-7H2,1-2H3. The smallest absolute Gasteiger partial charge is 0.0730 e. The summed E-state index contributed by atoms with van der Waals surface area (Å²) in [5.74, 6) is 0. The number of hydrogen-bond acceptors (Lipinski definition) is 3. The summed E-state index contributed by atoms with van der Waals surface area (Å²) in [5.41, 5.74) is -0.0172. The van der Waals surface area contributed by atoms with Crippen LogP contribution in [0.5, 0.6) is 0 Å². The van der Waals surface area contributed by atoms with Gasteiger partial charge in [0.1, 0.15) is 0 Å². The Morgan fingerprint density at radius 2 is 2.15 bits per heavy atom. The van der Waals surface area contributed by atoms with Crippen LogP contribution in [-0.2, 0) is 0 Å². The van der Waals surface area contributed by atoms with Crippen molar-refractivity contribution >= 4 is 0 Å². The molecule has 2 aliphatic heterocycles. The van der Waals surface area contributed by atoms with Crippen molar-refractivity contribution in [1.82, 2.24) is 10.2 Å². The zero-order chi connectivity index (χ0) is 9.47. The second kappa shape index (κ2) is 3.23. The Hall–Kier alpha value is -0.120. The molecule has 3 heteroatoms. The van der Waals surface area contributed by atoms with Gasteiger partial charge in [0.05, 0.1) is 6.10 Å². The van der Waals surface area contributed by atoms with Crippen molar-refractivity contribution in [3.8, 4) is 0 Å². The second-order valence-corrected chi connectivity index (χ2v) is 4.80. The SMILES string of the molecule is CC1(C)C(O)CCN1C1CCNC1. The summed E-state index contributed by atoms with van der Waals surface area (Å²) in [7, 11) is 0. The summed E-state index contributed by atoms with van der Waals surface area (Å²) in [4.78, 5) is 2.47. The van der Waals surface area contributed by atoms with E-state index in [2.05, 4.69) is 24.1 Å². The van der Waals surface area contributed by atoms with Gasteiger partial charge < -0.3 is 10.4 Å². The molecule has 2 atom stereocenters. The van der Waals surface area contributed by atoms with E-state index < -0.39 is 0 Å². The van der Waals surface area contributed by atoms with Gasteiger partial charge in [-0.3, -0.25) is 4.90 Å². The van der Waals surface area contributed by atoms with E-state index in [0.717, 1.165) is 26.1 Å². The Labute approximate surface area is 80.1 Å². The molecule has 3 nitrogen and oxygen atoms in total. The molecule has 76 valence electrons. The van der Waals surface area contributed by atoms with Gasteiger partial charge in [0, 0.05) is 24.7 Å². The molecule has 0 radical (unpaired) electrons. The van der Waals surface area contributed by atoms with Crippen molar-refractivity contribution in [2.24, 2.45) is 0 Å². The zero-order valence-corrected chi connectivity index (χ0v) is 8.58. The predicted octanol–water partition coefficient (Wildman–Crippen LogP) is 0.194. The van der Waals surface area contributed by atoms with E-state index in [-0.39, 0.29) is 11.6 Å². The number of nitrogens with one attached hydrogen (secondary N) is 1. The van der Waals surface area contributed by atoms with Gasteiger partial charge in [0.15, 0.2) is 0 Å². The lowest BCUT2D eigenvalue weighted by atomic mass is 9.97. The van der Waals surface area contributed by atoms with Crippen LogP contribution in [0.2, 0.25) is 0 Å². The molecule has 2 saturated heterocycles. The molecule has 2 fully saturated rings. The number of rotatable bonds is 1. The van der Waals surface area contributed by atoms with E-state index in [0.29, 0.717) is 6.04 Å². The van der Waals surface area contributed by atoms with Gasteiger partial charge in [-0.05, 0) is 33.2 Å². The van der Waals surface area contributed by atoms with E-state index in [4.69, 9.17) is 0 Å². The molecule has 2 heterocycles. The van der Waals surface area contributed by atoms with Crippen molar-refractivity contribution in [3.05, 3.63) is 0 Å². The molecule has 2 N–H and O–H groups in total. The fraction of sp³-hybridized carbons (Fsp3) is 1.00. The first-order valence-corrected chi connectivity index (χ1v) is 5.28. The summed E-state index contributed by atoms with van der Waals surface area (Å²) in [6.07, 6.45) is 2.02. The Bertz CT molecular complexity index is 187. The maximum absolute atomic E-state index is 9.83. The second-order valence-electron chi connectivity index (χ2n) is 4.80. The molecule has 0 aliphatic carbocycles.